The third-order valence-electron chi connectivity index (χ3n) is 2.70. The van der Waals surface area contributed by atoms with Gasteiger partial charge in [0.25, 0.3) is 0 Å². The summed E-state index contributed by atoms with van der Waals surface area (Å²) in [6, 6.07) is 0. The van der Waals surface area contributed by atoms with Crippen molar-refractivity contribution >= 4 is 11.8 Å². The number of nitrogens with zero attached hydrogens (tertiary/aromatic N) is 3. The zero-order chi connectivity index (χ0) is 13.5. The first kappa shape index (κ1) is 14.2. The van der Waals surface area contributed by atoms with Crippen LogP contribution in [0.5, 0.6) is 5.88 Å². The van der Waals surface area contributed by atoms with E-state index in [4.69, 9.17) is 4.74 Å². The van der Waals surface area contributed by atoms with Crippen LogP contribution in [-0.2, 0) is 9.53 Å². The van der Waals surface area contributed by atoms with Crippen molar-refractivity contribution in [3.8, 4) is 5.88 Å². The molecule has 0 aliphatic heterocycles. The first-order valence-electron chi connectivity index (χ1n) is 5.81. The fourth-order valence-electron chi connectivity index (χ4n) is 1.69. The van der Waals surface area contributed by atoms with E-state index >= 15 is 0 Å². The Morgan fingerprint density at radius 3 is 2.67 bits per heavy atom. The second-order valence-corrected chi connectivity index (χ2v) is 3.74. The molecular weight excluding hydrogens is 234 g/mol. The van der Waals surface area contributed by atoms with Gasteiger partial charge in [-0.05, 0) is 13.8 Å². The lowest BCUT2D eigenvalue weighted by atomic mass is 10.3. The summed E-state index contributed by atoms with van der Waals surface area (Å²) in [5.41, 5.74) is 0.867. The van der Waals surface area contributed by atoms with Gasteiger partial charge in [-0.3, -0.25) is 4.79 Å². The third-order valence-corrected chi connectivity index (χ3v) is 2.70. The van der Waals surface area contributed by atoms with Gasteiger partial charge in [-0.2, -0.15) is 0 Å². The summed E-state index contributed by atoms with van der Waals surface area (Å²) in [5.74, 6) is 1.11. The Hall–Kier alpha value is -1.85. The number of hydrogen-bond acceptors (Lipinski definition) is 6. The van der Waals surface area contributed by atoms with Crippen LogP contribution in [0.1, 0.15) is 18.9 Å². The van der Waals surface area contributed by atoms with E-state index in [-0.39, 0.29) is 5.97 Å². The predicted molar refractivity (Wildman–Crippen MR) is 67.8 cm³/mol. The van der Waals surface area contributed by atoms with Crippen LogP contribution < -0.4 is 9.64 Å². The lowest BCUT2D eigenvalue weighted by Crippen LogP contribution is -2.28. The number of carbonyl (C=O) groups excluding carboxylic acids is 1. The fourth-order valence-corrected chi connectivity index (χ4v) is 1.69. The molecule has 0 N–H and O–H groups in total. The Morgan fingerprint density at radius 1 is 1.39 bits per heavy atom. The average Bonchev–Trinajstić information content (AvgIpc) is 2.40. The van der Waals surface area contributed by atoms with Crippen molar-refractivity contribution in [2.75, 3.05) is 32.2 Å². The number of aromatic nitrogens is 2. The maximum absolute atomic E-state index is 11.2. The molecule has 0 aliphatic carbocycles. The molecule has 0 saturated carbocycles. The number of carbonyl (C=O) groups is 1. The van der Waals surface area contributed by atoms with Gasteiger partial charge in [-0.15, -0.1) is 0 Å². The first-order chi connectivity index (χ1) is 8.63. The summed E-state index contributed by atoms with van der Waals surface area (Å²) in [7, 11) is 2.96. The van der Waals surface area contributed by atoms with Gasteiger partial charge in [0, 0.05) is 13.1 Å². The Morgan fingerprint density at radius 2 is 2.11 bits per heavy atom. The summed E-state index contributed by atoms with van der Waals surface area (Å²) < 4.78 is 9.79. The Bertz CT molecular complexity index is 410. The number of rotatable bonds is 6. The highest BCUT2D eigenvalue weighted by Crippen LogP contribution is 2.23. The predicted octanol–water partition coefficient (Wildman–Crippen LogP) is 1.18. The van der Waals surface area contributed by atoms with Crippen LogP contribution in [0.3, 0.4) is 0 Å². The van der Waals surface area contributed by atoms with Crippen molar-refractivity contribution in [1.29, 1.82) is 0 Å². The Labute approximate surface area is 107 Å². The van der Waals surface area contributed by atoms with Crippen molar-refractivity contribution in [3.05, 3.63) is 11.9 Å². The SMILES string of the molecule is CCN(CCC(=O)OC)c1ncnc(OC)c1C. The molecule has 0 atom stereocenters. The van der Waals surface area contributed by atoms with Gasteiger partial charge < -0.3 is 14.4 Å². The summed E-state index contributed by atoms with van der Waals surface area (Å²) in [5, 5.41) is 0. The molecule has 18 heavy (non-hydrogen) atoms. The zero-order valence-electron chi connectivity index (χ0n) is 11.3. The van der Waals surface area contributed by atoms with Crippen molar-refractivity contribution in [2.45, 2.75) is 20.3 Å². The van der Waals surface area contributed by atoms with Gasteiger partial charge in [0.1, 0.15) is 12.1 Å². The number of anilines is 1. The first-order valence-corrected chi connectivity index (χ1v) is 5.81. The van der Waals surface area contributed by atoms with E-state index in [0.717, 1.165) is 17.9 Å². The summed E-state index contributed by atoms with van der Waals surface area (Å²) in [4.78, 5) is 21.4. The average molecular weight is 253 g/mol. The highest BCUT2D eigenvalue weighted by molar-refractivity contribution is 5.70. The Kier molecular flexibility index (Phi) is 5.35. The van der Waals surface area contributed by atoms with Crippen LogP contribution in [-0.4, -0.2) is 43.2 Å². The standard InChI is InChI=1S/C12H19N3O3/c1-5-15(7-6-10(16)17-3)11-9(2)12(18-4)14-8-13-11/h8H,5-7H2,1-4H3. The molecular formula is C12H19N3O3. The van der Waals surface area contributed by atoms with Crippen molar-refractivity contribution in [3.63, 3.8) is 0 Å². The molecule has 1 aromatic heterocycles. The van der Waals surface area contributed by atoms with Crippen LogP contribution in [0.25, 0.3) is 0 Å². The molecule has 0 amide bonds. The molecule has 0 radical (unpaired) electrons. The Balaban J connectivity index is 2.85. The second kappa shape index (κ2) is 6.78. The van der Waals surface area contributed by atoms with E-state index in [0.29, 0.717) is 18.8 Å². The summed E-state index contributed by atoms with van der Waals surface area (Å²) in [6.45, 7) is 5.21. The lowest BCUT2D eigenvalue weighted by molar-refractivity contribution is -0.140. The quantitative estimate of drug-likeness (QED) is 0.709. The number of hydrogen-bond donors (Lipinski definition) is 0. The molecule has 6 heteroatoms. The highest BCUT2D eigenvalue weighted by Gasteiger charge is 2.14. The molecule has 1 aromatic rings. The maximum atomic E-state index is 11.2. The second-order valence-electron chi connectivity index (χ2n) is 3.74. The zero-order valence-corrected chi connectivity index (χ0v) is 11.3. The number of esters is 1. The normalized spacial score (nSPS) is 10.0. The summed E-state index contributed by atoms with van der Waals surface area (Å²) >= 11 is 0. The van der Waals surface area contributed by atoms with E-state index in [1.54, 1.807) is 7.11 Å². The van der Waals surface area contributed by atoms with Gasteiger partial charge in [0.05, 0.1) is 26.2 Å². The minimum atomic E-state index is -0.230. The molecule has 0 spiro atoms. The van der Waals surface area contributed by atoms with Crippen molar-refractivity contribution in [2.24, 2.45) is 0 Å². The number of methoxy groups -OCH3 is 2. The monoisotopic (exact) mass is 253 g/mol. The van der Waals surface area contributed by atoms with Crippen LogP contribution in [0.4, 0.5) is 5.82 Å². The fraction of sp³-hybridized carbons (Fsp3) is 0.583. The molecule has 0 saturated heterocycles. The van der Waals surface area contributed by atoms with E-state index < -0.39 is 0 Å². The maximum Gasteiger partial charge on any atom is 0.307 e. The summed E-state index contributed by atoms with van der Waals surface area (Å²) in [6.07, 6.45) is 1.79. The van der Waals surface area contributed by atoms with E-state index in [9.17, 15) is 4.79 Å². The van der Waals surface area contributed by atoms with E-state index in [1.807, 2.05) is 18.7 Å². The minimum Gasteiger partial charge on any atom is -0.481 e. The van der Waals surface area contributed by atoms with E-state index in [1.165, 1.54) is 13.4 Å². The molecule has 100 valence electrons. The smallest absolute Gasteiger partial charge is 0.307 e. The van der Waals surface area contributed by atoms with Crippen LogP contribution in [0.2, 0.25) is 0 Å². The van der Waals surface area contributed by atoms with Crippen molar-refractivity contribution < 1.29 is 14.3 Å². The largest absolute Gasteiger partial charge is 0.481 e. The van der Waals surface area contributed by atoms with E-state index in [2.05, 4.69) is 14.7 Å². The van der Waals surface area contributed by atoms with Gasteiger partial charge in [-0.25, -0.2) is 9.97 Å². The molecule has 0 aliphatic rings. The van der Waals surface area contributed by atoms with Crippen LogP contribution in [0.15, 0.2) is 6.33 Å². The minimum absolute atomic E-state index is 0.230. The van der Waals surface area contributed by atoms with Crippen LogP contribution in [0, 0.1) is 6.92 Å². The molecule has 0 unspecified atom stereocenters. The molecule has 1 rings (SSSR count). The molecule has 0 bridgehead atoms. The van der Waals surface area contributed by atoms with Gasteiger partial charge in [-0.1, -0.05) is 0 Å². The topological polar surface area (TPSA) is 64.6 Å². The number of ether oxygens (including phenoxy) is 2. The molecule has 0 fully saturated rings. The van der Waals surface area contributed by atoms with Crippen LogP contribution >= 0.6 is 0 Å². The molecule has 0 aromatic carbocycles. The molecule has 6 nitrogen and oxygen atoms in total. The lowest BCUT2D eigenvalue weighted by Gasteiger charge is -2.23. The van der Waals surface area contributed by atoms with Crippen molar-refractivity contribution in [1.82, 2.24) is 9.97 Å². The highest BCUT2D eigenvalue weighted by atomic mass is 16.5. The van der Waals surface area contributed by atoms with Gasteiger partial charge in [0.2, 0.25) is 5.88 Å². The van der Waals surface area contributed by atoms with Gasteiger partial charge in [0.15, 0.2) is 0 Å². The third kappa shape index (κ3) is 3.32. The van der Waals surface area contributed by atoms with Gasteiger partial charge >= 0.3 is 5.97 Å². The molecule has 1 heterocycles.